The molecule has 10 heavy (non-hydrogen) atoms. The van der Waals surface area contributed by atoms with Gasteiger partial charge in [0.25, 0.3) is 0 Å². The average Bonchev–Trinajstić information content (AvgIpc) is 1.98. The van der Waals surface area contributed by atoms with Gasteiger partial charge in [-0.2, -0.15) is 11.8 Å². The Hall–Kier alpha value is 0.130. The average molecular weight is 180 g/mol. The molecule has 3 N–H and O–H groups in total. The van der Waals surface area contributed by atoms with Crippen molar-refractivity contribution >= 4 is 30.5 Å². The number of hydrogen-bond donors (Lipinski definition) is 3. The number of nitrogens with two attached hydrogens (primary N) is 1. The van der Waals surface area contributed by atoms with Crippen molar-refractivity contribution in [2.75, 3.05) is 12.0 Å². The van der Waals surface area contributed by atoms with Crippen LogP contribution in [0.5, 0.6) is 0 Å². The van der Waals surface area contributed by atoms with Crippen molar-refractivity contribution in [2.24, 2.45) is 5.73 Å². The van der Waals surface area contributed by atoms with Crippen LogP contribution < -0.4 is 10.5 Å². The second-order valence-corrected chi connectivity index (χ2v) is 3.07. The molecule has 1 amide bonds. The third-order valence-corrected chi connectivity index (χ3v) is 1.94. The Morgan fingerprint density at radius 2 is 2.50 bits per heavy atom. The lowest BCUT2D eigenvalue weighted by Gasteiger charge is -2.06. The highest BCUT2D eigenvalue weighted by molar-refractivity contribution is 7.98. The molecule has 0 aliphatic heterocycles. The maximum atomic E-state index is 10.7. The SMILES string of the molecule is CSCC[C@H](N)C(=O)NS. The number of amides is 1. The van der Waals surface area contributed by atoms with Crippen LogP contribution in [0, 0.1) is 0 Å². The van der Waals surface area contributed by atoms with E-state index < -0.39 is 6.04 Å². The standard InChI is InChI=1S/C5H12N2OS2/c1-10-3-2-4(6)5(8)7-9/h4,9H,2-3,6H2,1H3,(H,7,8)/t4-/m0/s1. The molecule has 0 fully saturated rings. The van der Waals surface area contributed by atoms with Crippen molar-refractivity contribution < 1.29 is 4.79 Å². The number of thioether (sulfide) groups is 1. The predicted octanol–water partition coefficient (Wildman–Crippen LogP) is 0.0278. The van der Waals surface area contributed by atoms with Gasteiger partial charge in [-0.05, 0) is 18.4 Å². The second kappa shape index (κ2) is 5.88. The van der Waals surface area contributed by atoms with Gasteiger partial charge in [0.2, 0.25) is 5.91 Å². The minimum Gasteiger partial charge on any atom is -0.320 e. The molecule has 0 saturated carbocycles. The summed E-state index contributed by atoms with van der Waals surface area (Å²) in [7, 11) is 0. The number of hydrogen-bond acceptors (Lipinski definition) is 4. The smallest absolute Gasteiger partial charge is 0.246 e. The summed E-state index contributed by atoms with van der Waals surface area (Å²) in [5.41, 5.74) is 5.44. The molecule has 0 rings (SSSR count). The van der Waals surface area contributed by atoms with Crippen molar-refractivity contribution in [3.63, 3.8) is 0 Å². The maximum absolute atomic E-state index is 10.7. The van der Waals surface area contributed by atoms with Crippen LogP contribution >= 0.6 is 24.6 Å². The summed E-state index contributed by atoms with van der Waals surface area (Å²) >= 11 is 5.26. The molecule has 0 spiro atoms. The van der Waals surface area contributed by atoms with E-state index >= 15 is 0 Å². The minimum atomic E-state index is -0.412. The number of thiol groups is 1. The molecule has 0 aliphatic carbocycles. The zero-order valence-electron chi connectivity index (χ0n) is 5.83. The number of rotatable bonds is 4. The number of nitrogens with one attached hydrogen (secondary N) is 1. The van der Waals surface area contributed by atoms with Gasteiger partial charge in [0.1, 0.15) is 0 Å². The lowest BCUT2D eigenvalue weighted by molar-refractivity contribution is -0.120. The van der Waals surface area contributed by atoms with Gasteiger partial charge in [-0.15, -0.1) is 0 Å². The van der Waals surface area contributed by atoms with Gasteiger partial charge in [-0.25, -0.2) is 0 Å². The summed E-state index contributed by atoms with van der Waals surface area (Å²) in [6.45, 7) is 0. The van der Waals surface area contributed by atoms with E-state index in [4.69, 9.17) is 5.73 Å². The maximum Gasteiger partial charge on any atom is 0.246 e. The summed E-state index contributed by atoms with van der Waals surface area (Å²) in [5.74, 6) is 0.694. The fraction of sp³-hybridized carbons (Fsp3) is 0.800. The van der Waals surface area contributed by atoms with Crippen LogP contribution in [0.3, 0.4) is 0 Å². The van der Waals surface area contributed by atoms with Crippen LogP contribution in [0.2, 0.25) is 0 Å². The fourth-order valence-electron chi connectivity index (χ4n) is 0.459. The normalized spacial score (nSPS) is 12.7. The van der Waals surface area contributed by atoms with Crippen LogP contribution in [0.4, 0.5) is 0 Å². The molecule has 0 radical (unpaired) electrons. The molecule has 3 nitrogen and oxygen atoms in total. The predicted molar refractivity (Wildman–Crippen MR) is 48.1 cm³/mol. The lowest BCUT2D eigenvalue weighted by atomic mass is 10.2. The lowest BCUT2D eigenvalue weighted by Crippen LogP contribution is -2.36. The molecule has 0 aromatic heterocycles. The van der Waals surface area contributed by atoms with Crippen LogP contribution in [0.15, 0.2) is 0 Å². The van der Waals surface area contributed by atoms with E-state index in [9.17, 15) is 4.79 Å². The molecule has 1 atom stereocenters. The molecule has 0 heterocycles. The van der Waals surface area contributed by atoms with E-state index in [0.29, 0.717) is 6.42 Å². The minimum absolute atomic E-state index is 0.211. The summed E-state index contributed by atoms with van der Waals surface area (Å²) in [4.78, 5) is 10.7. The van der Waals surface area contributed by atoms with Crippen LogP contribution in [0.1, 0.15) is 6.42 Å². The van der Waals surface area contributed by atoms with Gasteiger partial charge >= 0.3 is 0 Å². The van der Waals surface area contributed by atoms with Crippen molar-refractivity contribution in [1.82, 2.24) is 4.72 Å². The Bertz CT molecular complexity index is 110. The van der Waals surface area contributed by atoms with Gasteiger partial charge in [-0.1, -0.05) is 12.8 Å². The van der Waals surface area contributed by atoms with E-state index in [1.165, 1.54) is 0 Å². The van der Waals surface area contributed by atoms with Crippen molar-refractivity contribution in [3.05, 3.63) is 0 Å². The van der Waals surface area contributed by atoms with E-state index in [1.807, 2.05) is 6.26 Å². The highest BCUT2D eigenvalue weighted by Crippen LogP contribution is 1.98. The van der Waals surface area contributed by atoms with Gasteiger partial charge in [0.05, 0.1) is 6.04 Å². The topological polar surface area (TPSA) is 55.1 Å². The summed E-state index contributed by atoms with van der Waals surface area (Å²) in [5, 5.41) is 0. The third kappa shape index (κ3) is 4.03. The first-order valence-corrected chi connectivity index (χ1v) is 4.75. The second-order valence-electron chi connectivity index (χ2n) is 1.86. The Balaban J connectivity index is 3.41. The highest BCUT2D eigenvalue weighted by Gasteiger charge is 2.09. The Morgan fingerprint density at radius 1 is 1.90 bits per heavy atom. The largest absolute Gasteiger partial charge is 0.320 e. The van der Waals surface area contributed by atoms with Gasteiger partial charge in [0, 0.05) is 0 Å². The van der Waals surface area contributed by atoms with Gasteiger partial charge in [-0.3, -0.25) is 4.79 Å². The van der Waals surface area contributed by atoms with E-state index in [-0.39, 0.29) is 5.91 Å². The number of carbonyl (C=O) groups is 1. The summed E-state index contributed by atoms with van der Waals surface area (Å²) in [6, 6.07) is -0.412. The zero-order chi connectivity index (χ0) is 7.98. The first-order chi connectivity index (χ1) is 4.72. The Labute approximate surface area is 70.7 Å². The summed E-state index contributed by atoms with van der Waals surface area (Å²) in [6.07, 6.45) is 2.68. The molecule has 0 aromatic carbocycles. The van der Waals surface area contributed by atoms with Gasteiger partial charge in [0.15, 0.2) is 0 Å². The fourth-order valence-corrected chi connectivity index (χ4v) is 1.11. The molecule has 0 aliphatic rings. The molecule has 5 heteroatoms. The third-order valence-electron chi connectivity index (χ3n) is 1.08. The van der Waals surface area contributed by atoms with Crippen LogP contribution in [-0.2, 0) is 4.79 Å². The van der Waals surface area contributed by atoms with Crippen molar-refractivity contribution in [2.45, 2.75) is 12.5 Å². The first kappa shape index (κ1) is 10.1. The Morgan fingerprint density at radius 3 is 2.90 bits per heavy atom. The van der Waals surface area contributed by atoms with Crippen LogP contribution in [0.25, 0.3) is 0 Å². The quantitative estimate of drug-likeness (QED) is 0.535. The highest BCUT2D eigenvalue weighted by atomic mass is 32.2. The van der Waals surface area contributed by atoms with Crippen LogP contribution in [-0.4, -0.2) is 24.0 Å². The number of carbonyl (C=O) groups excluding carboxylic acids is 1. The van der Waals surface area contributed by atoms with Crippen molar-refractivity contribution in [3.8, 4) is 0 Å². The monoisotopic (exact) mass is 180 g/mol. The van der Waals surface area contributed by atoms with Crippen molar-refractivity contribution in [1.29, 1.82) is 0 Å². The first-order valence-electron chi connectivity index (χ1n) is 2.90. The molecule has 0 unspecified atom stereocenters. The molecule has 0 bridgehead atoms. The van der Waals surface area contributed by atoms with E-state index in [2.05, 4.69) is 17.5 Å². The molecule has 60 valence electrons. The zero-order valence-corrected chi connectivity index (χ0v) is 7.54. The van der Waals surface area contributed by atoms with E-state index in [1.54, 1.807) is 11.8 Å². The summed E-state index contributed by atoms with van der Waals surface area (Å²) < 4.78 is 2.19. The molecule has 0 aromatic rings. The molecule has 0 saturated heterocycles. The Kier molecular flexibility index (Phi) is 5.96. The van der Waals surface area contributed by atoms with E-state index in [0.717, 1.165) is 5.75 Å². The van der Waals surface area contributed by atoms with Gasteiger partial charge < -0.3 is 10.5 Å². The molecular formula is C5H12N2OS2. The molecular weight excluding hydrogens is 168 g/mol.